The van der Waals surface area contributed by atoms with Gasteiger partial charge in [-0.15, -0.1) is 0 Å². The normalized spacial score (nSPS) is 41.7. The molecule has 3 aliphatic rings. The van der Waals surface area contributed by atoms with E-state index in [0.29, 0.717) is 17.4 Å². The molecule has 0 aromatic rings. The summed E-state index contributed by atoms with van der Waals surface area (Å²) >= 11 is 0. The molecule has 0 aromatic carbocycles. The lowest BCUT2D eigenvalue weighted by molar-refractivity contribution is -0.242. The van der Waals surface area contributed by atoms with Gasteiger partial charge in [0.1, 0.15) is 30.5 Å². The molecule has 0 aliphatic heterocycles. The summed E-state index contributed by atoms with van der Waals surface area (Å²) in [5.74, 6) is 0.824. The van der Waals surface area contributed by atoms with Gasteiger partial charge < -0.3 is 29.5 Å². The van der Waals surface area contributed by atoms with Crippen molar-refractivity contribution in [2.24, 2.45) is 23.7 Å². The monoisotopic (exact) mass is 424 g/mol. The van der Waals surface area contributed by atoms with Crippen molar-refractivity contribution in [1.82, 2.24) is 0 Å². The van der Waals surface area contributed by atoms with Crippen molar-refractivity contribution >= 4 is 5.97 Å². The first-order valence-corrected chi connectivity index (χ1v) is 10.9. The molecule has 0 spiro atoms. The first-order chi connectivity index (χ1) is 14.2. The molecule has 30 heavy (non-hydrogen) atoms. The van der Waals surface area contributed by atoms with E-state index >= 15 is 0 Å². The minimum Gasteiger partial charge on any atom is -0.453 e. The molecule has 1 fully saturated rings. The minimum atomic E-state index is -1.43. The van der Waals surface area contributed by atoms with Crippen molar-refractivity contribution in [2.75, 3.05) is 14.2 Å². The predicted molar refractivity (Wildman–Crippen MR) is 110 cm³/mol. The Hall–Kier alpha value is -1.25. The first-order valence-electron chi connectivity index (χ1n) is 10.9. The van der Waals surface area contributed by atoms with Gasteiger partial charge in [-0.05, 0) is 49.9 Å². The number of hydrogen-bond donors (Lipinski definition) is 3. The van der Waals surface area contributed by atoms with Crippen molar-refractivity contribution in [1.29, 1.82) is 0 Å². The fourth-order valence-corrected chi connectivity index (χ4v) is 5.46. The standard InChI is InChI=1S/C23H36O7/c1-11(2)13-8-9-15(14-7-6-12(3)10-16(13)14)23(27)30-22-18(25)17(24)20(28-4)19(26)21(22)29-5/h9-11,13-14,16-22,24-26H,6-8H2,1-5H3/t13-,14+,16-,17-,18-,19-,20+,21+,22-/m0/s1. The van der Waals surface area contributed by atoms with Gasteiger partial charge in [-0.1, -0.05) is 31.6 Å². The molecule has 7 nitrogen and oxygen atoms in total. The van der Waals surface area contributed by atoms with E-state index in [0.717, 1.165) is 19.3 Å². The fourth-order valence-electron chi connectivity index (χ4n) is 5.46. The molecule has 0 heterocycles. The highest BCUT2D eigenvalue weighted by Gasteiger charge is 2.52. The van der Waals surface area contributed by atoms with E-state index in [4.69, 9.17) is 14.2 Å². The summed E-state index contributed by atoms with van der Waals surface area (Å²) in [6.07, 6.45) is -0.385. The molecule has 3 rings (SSSR count). The summed E-state index contributed by atoms with van der Waals surface area (Å²) in [5, 5.41) is 31.4. The summed E-state index contributed by atoms with van der Waals surface area (Å²) in [6, 6.07) is 0. The zero-order valence-corrected chi connectivity index (χ0v) is 18.5. The van der Waals surface area contributed by atoms with Crippen LogP contribution in [-0.4, -0.2) is 72.1 Å². The Morgan fingerprint density at radius 2 is 1.67 bits per heavy atom. The van der Waals surface area contributed by atoms with Crippen LogP contribution in [0, 0.1) is 23.7 Å². The van der Waals surface area contributed by atoms with Gasteiger partial charge in [0, 0.05) is 19.8 Å². The Kier molecular flexibility index (Phi) is 7.40. The third-order valence-electron chi connectivity index (χ3n) is 7.19. The highest BCUT2D eigenvalue weighted by molar-refractivity contribution is 5.89. The molecule has 0 saturated heterocycles. The zero-order valence-electron chi connectivity index (χ0n) is 18.5. The number of ether oxygens (including phenoxy) is 3. The van der Waals surface area contributed by atoms with Crippen LogP contribution in [0.25, 0.3) is 0 Å². The van der Waals surface area contributed by atoms with E-state index in [1.165, 1.54) is 19.8 Å². The number of allylic oxidation sites excluding steroid dienone is 3. The number of rotatable bonds is 5. The van der Waals surface area contributed by atoms with Crippen molar-refractivity contribution in [3.63, 3.8) is 0 Å². The van der Waals surface area contributed by atoms with Crippen LogP contribution in [0.4, 0.5) is 0 Å². The molecule has 1 saturated carbocycles. The average Bonchev–Trinajstić information content (AvgIpc) is 2.71. The van der Waals surface area contributed by atoms with Gasteiger partial charge in [-0.3, -0.25) is 0 Å². The Morgan fingerprint density at radius 3 is 2.27 bits per heavy atom. The van der Waals surface area contributed by atoms with Gasteiger partial charge in [0.15, 0.2) is 6.10 Å². The number of aliphatic hydroxyl groups excluding tert-OH is 3. The maximum absolute atomic E-state index is 13.2. The van der Waals surface area contributed by atoms with Gasteiger partial charge in [0.2, 0.25) is 0 Å². The molecular weight excluding hydrogens is 388 g/mol. The van der Waals surface area contributed by atoms with Crippen molar-refractivity contribution in [3.05, 3.63) is 23.3 Å². The van der Waals surface area contributed by atoms with Gasteiger partial charge in [0.05, 0.1) is 0 Å². The largest absolute Gasteiger partial charge is 0.453 e. The lowest BCUT2D eigenvalue weighted by atomic mass is 9.64. The van der Waals surface area contributed by atoms with E-state index in [-0.39, 0.29) is 11.8 Å². The molecule has 3 aliphatic carbocycles. The summed E-state index contributed by atoms with van der Waals surface area (Å²) in [7, 11) is 2.70. The third-order valence-corrected chi connectivity index (χ3v) is 7.19. The molecule has 0 aromatic heterocycles. The van der Waals surface area contributed by atoms with Crippen LogP contribution in [0.2, 0.25) is 0 Å². The number of hydrogen-bond acceptors (Lipinski definition) is 7. The second-order valence-corrected chi connectivity index (χ2v) is 9.28. The summed E-state index contributed by atoms with van der Waals surface area (Å²) < 4.78 is 16.1. The van der Waals surface area contributed by atoms with E-state index in [1.54, 1.807) is 0 Å². The molecular formula is C23H36O7. The van der Waals surface area contributed by atoms with Crippen LogP contribution in [0.5, 0.6) is 0 Å². The molecule has 7 heteroatoms. The van der Waals surface area contributed by atoms with E-state index in [9.17, 15) is 20.1 Å². The Morgan fingerprint density at radius 1 is 1.03 bits per heavy atom. The van der Waals surface area contributed by atoms with Gasteiger partial charge >= 0.3 is 5.97 Å². The Labute approximate surface area is 178 Å². The van der Waals surface area contributed by atoms with Gasteiger partial charge in [0.25, 0.3) is 0 Å². The van der Waals surface area contributed by atoms with Gasteiger partial charge in [-0.25, -0.2) is 4.79 Å². The first kappa shape index (κ1) is 23.4. The van der Waals surface area contributed by atoms with Gasteiger partial charge in [-0.2, -0.15) is 0 Å². The van der Waals surface area contributed by atoms with Crippen LogP contribution in [-0.2, 0) is 19.0 Å². The highest BCUT2D eigenvalue weighted by atomic mass is 16.6. The van der Waals surface area contributed by atoms with Crippen LogP contribution < -0.4 is 0 Å². The SMILES string of the molecule is CO[C@@H]1[C@@H](O)[C@H](O)[C@H](OC(=O)C2=CC[C@@H](C(C)C)[C@@H]3C=C(C)CC[C@H]23)[C@H](OC)[C@H]1O. The van der Waals surface area contributed by atoms with Crippen molar-refractivity contribution in [3.8, 4) is 0 Å². The molecule has 0 unspecified atom stereocenters. The number of methoxy groups -OCH3 is 2. The second-order valence-electron chi connectivity index (χ2n) is 9.28. The topological polar surface area (TPSA) is 105 Å². The second kappa shape index (κ2) is 9.49. The summed E-state index contributed by atoms with van der Waals surface area (Å²) in [6.45, 7) is 6.57. The lowest BCUT2D eigenvalue weighted by Crippen LogP contribution is -2.65. The molecule has 3 N–H and O–H groups in total. The summed E-state index contributed by atoms with van der Waals surface area (Å²) in [4.78, 5) is 13.2. The van der Waals surface area contributed by atoms with Crippen molar-refractivity contribution < 1.29 is 34.3 Å². The van der Waals surface area contributed by atoms with Crippen LogP contribution >= 0.6 is 0 Å². The minimum absolute atomic E-state index is 0.0747. The predicted octanol–water partition coefficient (Wildman–Crippen LogP) is 1.60. The van der Waals surface area contributed by atoms with Crippen molar-refractivity contribution in [2.45, 2.75) is 76.7 Å². The number of esters is 1. The quantitative estimate of drug-likeness (QED) is 0.455. The number of carbonyl (C=O) groups excluding carboxylic acids is 1. The van der Waals surface area contributed by atoms with E-state index in [1.807, 2.05) is 6.08 Å². The maximum Gasteiger partial charge on any atom is 0.334 e. The number of aliphatic hydroxyl groups is 3. The van der Waals surface area contributed by atoms with E-state index < -0.39 is 42.6 Å². The zero-order chi connectivity index (χ0) is 22.2. The summed E-state index contributed by atoms with van der Waals surface area (Å²) in [5.41, 5.74) is 1.98. The molecule has 0 bridgehead atoms. The van der Waals surface area contributed by atoms with E-state index in [2.05, 4.69) is 26.8 Å². The third kappa shape index (κ3) is 4.23. The molecule has 0 amide bonds. The van der Waals surface area contributed by atoms with Crippen LogP contribution in [0.1, 0.15) is 40.0 Å². The highest BCUT2D eigenvalue weighted by Crippen LogP contribution is 2.46. The number of carbonyl (C=O) groups is 1. The average molecular weight is 425 g/mol. The Bertz CT molecular complexity index is 685. The van der Waals surface area contributed by atoms with Crippen LogP contribution in [0.15, 0.2) is 23.3 Å². The smallest absolute Gasteiger partial charge is 0.334 e. The maximum atomic E-state index is 13.2. The Balaban J connectivity index is 1.82. The lowest BCUT2D eigenvalue weighted by Gasteiger charge is -2.45. The fraction of sp³-hybridized carbons (Fsp3) is 0.783. The van der Waals surface area contributed by atoms with Crippen LogP contribution in [0.3, 0.4) is 0 Å². The molecule has 0 radical (unpaired) electrons. The molecule has 9 atom stereocenters. The number of fused-ring (bicyclic) bond motifs is 1. The molecule has 170 valence electrons.